The van der Waals surface area contributed by atoms with Crippen molar-refractivity contribution < 1.29 is 17.6 Å². The maximum absolute atomic E-state index is 12.7. The maximum Gasteiger partial charge on any atom is 0.423 e. The number of rotatable bonds is 2. The Hall–Kier alpha value is -2.56. The van der Waals surface area contributed by atoms with E-state index in [4.69, 9.17) is 4.42 Å². The lowest BCUT2D eigenvalue weighted by atomic mass is 10.0. The molecule has 22 heavy (non-hydrogen) atoms. The molecular weight excluding hydrogens is 293 g/mol. The number of fused-ring (bicyclic) bond motifs is 1. The van der Waals surface area contributed by atoms with Crippen molar-refractivity contribution in [3.63, 3.8) is 0 Å². The van der Waals surface area contributed by atoms with Crippen LogP contribution in [0.3, 0.4) is 0 Å². The quantitative estimate of drug-likeness (QED) is 0.657. The summed E-state index contributed by atoms with van der Waals surface area (Å²) in [5.74, 6) is 0. The van der Waals surface area contributed by atoms with Crippen LogP contribution in [0.1, 0.15) is 16.7 Å². The van der Waals surface area contributed by atoms with E-state index in [9.17, 15) is 18.0 Å². The molecule has 2 aromatic carbocycles. The van der Waals surface area contributed by atoms with Gasteiger partial charge in [0.25, 0.3) is 0 Å². The summed E-state index contributed by atoms with van der Waals surface area (Å²) in [4.78, 5) is 11.5. The Kier molecular flexibility index (Phi) is 3.48. The SMILES string of the molecule is O=c1oc2cc(Cc3ccccc3)ccc2cc1C(F)(F)F. The third-order valence-electron chi connectivity index (χ3n) is 3.36. The number of alkyl halides is 3. The van der Waals surface area contributed by atoms with Gasteiger partial charge in [-0.1, -0.05) is 42.5 Å². The molecule has 0 radical (unpaired) electrons. The Bertz CT molecular complexity index is 864. The highest BCUT2D eigenvalue weighted by atomic mass is 19.4. The number of hydrogen-bond donors (Lipinski definition) is 0. The first-order chi connectivity index (χ1) is 10.4. The van der Waals surface area contributed by atoms with Gasteiger partial charge in [-0.2, -0.15) is 13.2 Å². The Balaban J connectivity index is 2.02. The third-order valence-corrected chi connectivity index (χ3v) is 3.36. The van der Waals surface area contributed by atoms with Crippen LogP contribution in [0.15, 0.2) is 63.8 Å². The molecule has 1 heterocycles. The molecule has 0 aliphatic carbocycles. The van der Waals surface area contributed by atoms with E-state index >= 15 is 0 Å². The van der Waals surface area contributed by atoms with E-state index < -0.39 is 17.4 Å². The van der Waals surface area contributed by atoms with Crippen molar-refractivity contribution in [2.75, 3.05) is 0 Å². The zero-order valence-corrected chi connectivity index (χ0v) is 11.4. The molecule has 5 heteroatoms. The second-order valence-electron chi connectivity index (χ2n) is 4.98. The standard InChI is InChI=1S/C17H11F3O2/c18-17(19,20)14-10-13-7-6-12(9-15(13)22-16(14)21)8-11-4-2-1-3-5-11/h1-7,9-10H,8H2. The molecule has 3 rings (SSSR count). The number of halogens is 3. The zero-order valence-electron chi connectivity index (χ0n) is 11.4. The monoisotopic (exact) mass is 304 g/mol. The van der Waals surface area contributed by atoms with Crippen molar-refractivity contribution in [2.45, 2.75) is 12.6 Å². The van der Waals surface area contributed by atoms with Crippen molar-refractivity contribution in [3.05, 3.63) is 81.7 Å². The van der Waals surface area contributed by atoms with Crippen LogP contribution in [0.2, 0.25) is 0 Å². The first-order valence-corrected chi connectivity index (χ1v) is 6.61. The fourth-order valence-electron chi connectivity index (χ4n) is 2.29. The molecule has 0 aliphatic heterocycles. The van der Waals surface area contributed by atoms with E-state index in [1.165, 1.54) is 6.07 Å². The fourth-order valence-corrected chi connectivity index (χ4v) is 2.29. The zero-order chi connectivity index (χ0) is 15.7. The second-order valence-corrected chi connectivity index (χ2v) is 4.98. The van der Waals surface area contributed by atoms with Gasteiger partial charge in [0.1, 0.15) is 11.1 Å². The number of benzene rings is 2. The minimum atomic E-state index is -4.71. The fraction of sp³-hybridized carbons (Fsp3) is 0.118. The summed E-state index contributed by atoms with van der Waals surface area (Å²) in [7, 11) is 0. The van der Waals surface area contributed by atoms with E-state index in [1.807, 2.05) is 30.3 Å². The van der Waals surface area contributed by atoms with Gasteiger partial charge < -0.3 is 4.42 Å². The predicted octanol–water partition coefficient (Wildman–Crippen LogP) is 4.40. The van der Waals surface area contributed by atoms with Crippen LogP contribution in [0.5, 0.6) is 0 Å². The van der Waals surface area contributed by atoms with E-state index in [-0.39, 0.29) is 11.0 Å². The Morgan fingerprint density at radius 3 is 2.32 bits per heavy atom. The van der Waals surface area contributed by atoms with Crippen LogP contribution in [-0.4, -0.2) is 0 Å². The molecule has 0 amide bonds. The topological polar surface area (TPSA) is 30.2 Å². The molecule has 112 valence electrons. The minimum absolute atomic E-state index is 0.159. The smallest absolute Gasteiger partial charge is 0.422 e. The first kappa shape index (κ1) is 14.4. The van der Waals surface area contributed by atoms with Gasteiger partial charge in [-0.15, -0.1) is 0 Å². The molecule has 0 unspecified atom stereocenters. The minimum Gasteiger partial charge on any atom is -0.422 e. The largest absolute Gasteiger partial charge is 0.423 e. The van der Waals surface area contributed by atoms with Gasteiger partial charge in [0.2, 0.25) is 0 Å². The van der Waals surface area contributed by atoms with Gasteiger partial charge in [0, 0.05) is 5.39 Å². The highest BCUT2D eigenvalue weighted by Crippen LogP contribution is 2.29. The van der Waals surface area contributed by atoms with Crippen LogP contribution >= 0.6 is 0 Å². The van der Waals surface area contributed by atoms with E-state index in [1.54, 1.807) is 12.1 Å². The molecule has 0 fully saturated rings. The van der Waals surface area contributed by atoms with Crippen molar-refractivity contribution in [1.82, 2.24) is 0 Å². The lowest BCUT2D eigenvalue weighted by Crippen LogP contribution is -2.17. The van der Waals surface area contributed by atoms with Crippen LogP contribution in [-0.2, 0) is 12.6 Å². The van der Waals surface area contributed by atoms with Gasteiger partial charge >= 0.3 is 11.8 Å². The summed E-state index contributed by atoms with van der Waals surface area (Å²) in [6, 6.07) is 15.3. The van der Waals surface area contributed by atoms with Gasteiger partial charge in [-0.25, -0.2) is 4.79 Å². The molecule has 0 saturated heterocycles. The highest BCUT2D eigenvalue weighted by Gasteiger charge is 2.35. The van der Waals surface area contributed by atoms with Gasteiger partial charge in [0.15, 0.2) is 0 Å². The molecule has 2 nitrogen and oxygen atoms in total. The summed E-state index contributed by atoms with van der Waals surface area (Å²) >= 11 is 0. The van der Waals surface area contributed by atoms with E-state index in [2.05, 4.69) is 0 Å². The summed E-state index contributed by atoms with van der Waals surface area (Å²) in [5, 5.41) is 0.253. The maximum atomic E-state index is 12.7. The molecule has 3 aromatic rings. The molecule has 0 spiro atoms. The van der Waals surface area contributed by atoms with Crippen LogP contribution in [0, 0.1) is 0 Å². The summed E-state index contributed by atoms with van der Waals surface area (Å²) in [6.07, 6.45) is -4.10. The number of hydrogen-bond acceptors (Lipinski definition) is 2. The highest BCUT2D eigenvalue weighted by molar-refractivity contribution is 5.77. The molecule has 0 atom stereocenters. The van der Waals surface area contributed by atoms with E-state index in [0.29, 0.717) is 6.42 Å². The molecule has 0 bridgehead atoms. The predicted molar refractivity (Wildman–Crippen MR) is 76.7 cm³/mol. The lowest BCUT2D eigenvalue weighted by Gasteiger charge is -2.07. The average Bonchev–Trinajstić information content (AvgIpc) is 2.46. The van der Waals surface area contributed by atoms with Crippen LogP contribution in [0.25, 0.3) is 11.0 Å². The van der Waals surface area contributed by atoms with Crippen LogP contribution < -0.4 is 5.63 Å². The summed E-state index contributed by atoms with van der Waals surface area (Å²) < 4.78 is 42.9. The molecular formula is C17H11F3O2. The molecule has 1 aromatic heterocycles. The van der Waals surface area contributed by atoms with Crippen molar-refractivity contribution in [3.8, 4) is 0 Å². The lowest BCUT2D eigenvalue weighted by molar-refractivity contribution is -0.139. The Morgan fingerprint density at radius 2 is 1.64 bits per heavy atom. The second kappa shape index (κ2) is 5.33. The third kappa shape index (κ3) is 2.88. The molecule has 0 N–H and O–H groups in total. The van der Waals surface area contributed by atoms with Crippen molar-refractivity contribution in [2.24, 2.45) is 0 Å². The first-order valence-electron chi connectivity index (χ1n) is 6.61. The Morgan fingerprint density at radius 1 is 0.909 bits per heavy atom. The summed E-state index contributed by atoms with van der Waals surface area (Å²) in [6.45, 7) is 0. The van der Waals surface area contributed by atoms with Crippen LogP contribution in [0.4, 0.5) is 13.2 Å². The summed E-state index contributed by atoms with van der Waals surface area (Å²) in [5.41, 5.74) is -0.559. The normalized spacial score (nSPS) is 11.8. The van der Waals surface area contributed by atoms with Gasteiger partial charge in [-0.3, -0.25) is 0 Å². The van der Waals surface area contributed by atoms with Gasteiger partial charge in [-0.05, 0) is 29.7 Å². The Labute approximate surface area is 123 Å². The van der Waals surface area contributed by atoms with Gasteiger partial charge in [0.05, 0.1) is 0 Å². The van der Waals surface area contributed by atoms with Crippen molar-refractivity contribution in [1.29, 1.82) is 0 Å². The van der Waals surface area contributed by atoms with Crippen molar-refractivity contribution >= 4 is 11.0 Å². The van der Waals surface area contributed by atoms with E-state index in [0.717, 1.165) is 17.2 Å². The molecule has 0 aliphatic rings. The average molecular weight is 304 g/mol. The molecule has 0 saturated carbocycles.